The van der Waals surface area contributed by atoms with Gasteiger partial charge in [-0.15, -0.1) is 0 Å². The molecular weight excluding hydrogens is 485 g/mol. The van der Waals surface area contributed by atoms with E-state index >= 15 is 0 Å². The van der Waals surface area contributed by atoms with E-state index in [4.69, 9.17) is 10.5 Å². The molecule has 3 atom stereocenters. The largest absolute Gasteiger partial charge is 0.490 e. The summed E-state index contributed by atoms with van der Waals surface area (Å²) in [5, 5.41) is 1.66. The number of aliphatic imine (C=N–C) groups is 1. The lowest BCUT2D eigenvalue weighted by Gasteiger charge is -2.43. The Bertz CT molecular complexity index is 1320. The molecule has 0 unspecified atom stereocenters. The van der Waals surface area contributed by atoms with Gasteiger partial charge in [-0.25, -0.2) is 8.42 Å². The van der Waals surface area contributed by atoms with E-state index in [-0.39, 0.29) is 23.6 Å². The van der Waals surface area contributed by atoms with Crippen LogP contribution < -0.4 is 15.8 Å². The Hall–Kier alpha value is -3.15. The summed E-state index contributed by atoms with van der Waals surface area (Å²) >= 11 is 0. The number of nitrogens with zero attached hydrogens (tertiary/aromatic N) is 2. The second-order valence-corrected chi connectivity index (χ2v) is 12.1. The molecule has 2 aromatic rings. The van der Waals surface area contributed by atoms with Crippen molar-refractivity contribution in [3.05, 3.63) is 53.3 Å². The minimum Gasteiger partial charge on any atom is -0.490 e. The number of halogens is 3. The predicted molar refractivity (Wildman–Crippen MR) is 124 cm³/mol. The van der Waals surface area contributed by atoms with Crippen molar-refractivity contribution in [2.24, 2.45) is 10.7 Å². The molecular formula is C23H25F3N4O4S. The topological polar surface area (TPSA) is 124 Å². The van der Waals surface area contributed by atoms with Crippen LogP contribution in [0.1, 0.15) is 55.7 Å². The summed E-state index contributed by atoms with van der Waals surface area (Å²) < 4.78 is 70.1. The van der Waals surface area contributed by atoms with Crippen molar-refractivity contribution >= 4 is 27.3 Å². The van der Waals surface area contributed by atoms with Crippen molar-refractivity contribution in [1.82, 2.24) is 4.98 Å². The number of aromatic nitrogens is 1. The molecule has 8 nitrogen and oxygen atoms in total. The van der Waals surface area contributed by atoms with Crippen LogP contribution in [0.2, 0.25) is 0 Å². The lowest BCUT2D eigenvalue weighted by Crippen LogP contribution is -2.60. The zero-order chi connectivity index (χ0) is 26.0. The number of fused-ring (bicyclic) bond motifs is 3. The average Bonchev–Trinajstić information content (AvgIpc) is 2.87. The molecule has 2 aliphatic rings. The number of alkyl halides is 3. The summed E-state index contributed by atoms with van der Waals surface area (Å²) in [6, 6.07) is 6.43. The second kappa shape index (κ2) is 7.94. The van der Waals surface area contributed by atoms with Crippen molar-refractivity contribution < 1.29 is 31.1 Å². The maximum absolute atomic E-state index is 13.6. The number of sulfone groups is 1. The molecule has 1 amide bonds. The number of carbonyl (C=O) groups is 1. The van der Waals surface area contributed by atoms with Gasteiger partial charge in [0.2, 0.25) is 0 Å². The van der Waals surface area contributed by atoms with Crippen molar-refractivity contribution in [2.45, 2.75) is 61.9 Å². The maximum Gasteiger partial charge on any atom is 0.417 e. The van der Waals surface area contributed by atoms with Gasteiger partial charge in [-0.3, -0.25) is 14.8 Å². The number of nitrogens with one attached hydrogen (secondary N) is 1. The molecule has 0 saturated heterocycles. The number of rotatable bonds is 2. The number of benzene rings is 1. The van der Waals surface area contributed by atoms with Gasteiger partial charge in [0.05, 0.1) is 16.9 Å². The molecule has 0 aliphatic carbocycles. The summed E-state index contributed by atoms with van der Waals surface area (Å²) in [5.74, 6) is -0.358. The Balaban J connectivity index is 1.74. The normalized spacial score (nSPS) is 26.9. The average molecular weight is 511 g/mol. The van der Waals surface area contributed by atoms with E-state index in [1.165, 1.54) is 13.8 Å². The highest BCUT2D eigenvalue weighted by atomic mass is 32.2. The first-order valence-electron chi connectivity index (χ1n) is 10.8. The quantitative estimate of drug-likeness (QED) is 0.635. The summed E-state index contributed by atoms with van der Waals surface area (Å²) in [4.78, 5) is 20.9. The molecule has 0 fully saturated rings. The van der Waals surface area contributed by atoms with Gasteiger partial charge < -0.3 is 15.8 Å². The minimum absolute atomic E-state index is 0.0276. The van der Waals surface area contributed by atoms with Gasteiger partial charge in [0.25, 0.3) is 5.91 Å². The van der Waals surface area contributed by atoms with Crippen LogP contribution in [0.15, 0.2) is 41.5 Å². The summed E-state index contributed by atoms with van der Waals surface area (Å²) in [6.45, 7) is 6.48. The Morgan fingerprint density at radius 1 is 1.20 bits per heavy atom. The first-order chi connectivity index (χ1) is 16.1. The van der Waals surface area contributed by atoms with Gasteiger partial charge in [-0.05, 0) is 58.0 Å². The van der Waals surface area contributed by atoms with Crippen LogP contribution in [0, 0.1) is 0 Å². The number of amidine groups is 1. The molecule has 0 bridgehead atoms. The van der Waals surface area contributed by atoms with Crippen molar-refractivity contribution in [2.75, 3.05) is 5.32 Å². The third-order valence-corrected chi connectivity index (χ3v) is 9.69. The lowest BCUT2D eigenvalue weighted by atomic mass is 9.85. The monoisotopic (exact) mass is 510 g/mol. The first kappa shape index (κ1) is 25.0. The van der Waals surface area contributed by atoms with E-state index in [1.54, 1.807) is 32.0 Å². The van der Waals surface area contributed by atoms with Crippen molar-refractivity contribution in [3.8, 4) is 5.75 Å². The first-order valence-corrected chi connectivity index (χ1v) is 12.4. The number of anilines is 1. The Morgan fingerprint density at radius 3 is 2.49 bits per heavy atom. The van der Waals surface area contributed by atoms with Crippen LogP contribution in [0.25, 0.3) is 0 Å². The molecule has 2 aliphatic heterocycles. The zero-order valence-electron chi connectivity index (χ0n) is 19.5. The van der Waals surface area contributed by atoms with E-state index in [0.29, 0.717) is 17.5 Å². The fourth-order valence-corrected chi connectivity index (χ4v) is 6.77. The van der Waals surface area contributed by atoms with Gasteiger partial charge >= 0.3 is 6.18 Å². The highest BCUT2D eigenvalue weighted by Crippen LogP contribution is 2.49. The predicted octanol–water partition coefficient (Wildman–Crippen LogP) is 3.67. The fourth-order valence-electron chi connectivity index (χ4n) is 4.41. The van der Waals surface area contributed by atoms with Crippen LogP contribution in [-0.2, 0) is 21.6 Å². The van der Waals surface area contributed by atoms with Crippen LogP contribution in [0.5, 0.6) is 5.75 Å². The van der Waals surface area contributed by atoms with Crippen molar-refractivity contribution in [3.63, 3.8) is 0 Å². The summed E-state index contributed by atoms with van der Waals surface area (Å²) in [7, 11) is -3.79. The van der Waals surface area contributed by atoms with Crippen LogP contribution >= 0.6 is 0 Å². The summed E-state index contributed by atoms with van der Waals surface area (Å²) in [6.07, 6.45) is -4.24. The summed E-state index contributed by atoms with van der Waals surface area (Å²) in [5.41, 5.74) is 4.35. The van der Waals surface area contributed by atoms with E-state index in [9.17, 15) is 26.4 Å². The number of pyridine rings is 1. The second-order valence-electron chi connectivity index (χ2n) is 9.45. The standard InChI is InChI=1S/C23H25F3N4O4S/c1-12-9-18-22(4,30-20(27)21(2,3)35(18,32)33)15-10-14(6-8-17(15)34-12)29-19(31)16-7-5-13(11-28-16)23(24,25)26/h5-8,10-12,18H,9H2,1-4H3,(H2,27,30)(H,29,31)/t12-,18+,22+/m0/s1. The number of hydrogen-bond acceptors (Lipinski definition) is 7. The van der Waals surface area contributed by atoms with Crippen molar-refractivity contribution in [1.29, 1.82) is 0 Å². The van der Waals surface area contributed by atoms with Gasteiger partial charge in [0.1, 0.15) is 27.6 Å². The SMILES string of the molecule is C[C@H]1C[C@@H]2[C@](C)(N=C(N)C(C)(C)S2(=O)=O)c2cc(NC(=O)c3ccc(C(F)(F)F)cn3)ccc2O1. The number of nitrogens with two attached hydrogens (primary N) is 1. The molecule has 0 spiro atoms. The molecule has 4 rings (SSSR count). The van der Waals surface area contributed by atoms with Gasteiger partial charge in [0.15, 0.2) is 9.84 Å². The van der Waals surface area contributed by atoms with E-state index in [2.05, 4.69) is 15.3 Å². The zero-order valence-corrected chi connectivity index (χ0v) is 20.3. The molecule has 188 valence electrons. The fraction of sp³-hybridized carbons (Fsp3) is 0.435. The lowest BCUT2D eigenvalue weighted by molar-refractivity contribution is -0.137. The molecule has 1 aromatic carbocycles. The minimum atomic E-state index is -4.57. The maximum atomic E-state index is 13.6. The van der Waals surface area contributed by atoms with Gasteiger partial charge in [-0.1, -0.05) is 0 Å². The Morgan fingerprint density at radius 2 is 1.89 bits per heavy atom. The molecule has 35 heavy (non-hydrogen) atoms. The molecule has 0 saturated carbocycles. The van der Waals surface area contributed by atoms with E-state index < -0.39 is 49.1 Å². The number of carbonyl (C=O) groups excluding carboxylic acids is 1. The Labute approximate surface area is 200 Å². The Kier molecular flexibility index (Phi) is 5.66. The highest BCUT2D eigenvalue weighted by molar-refractivity contribution is 7.94. The molecule has 12 heteroatoms. The molecule has 3 heterocycles. The van der Waals surface area contributed by atoms with Crippen LogP contribution in [0.4, 0.5) is 18.9 Å². The third-order valence-electron chi connectivity index (χ3n) is 6.66. The molecule has 3 N–H and O–H groups in total. The van der Waals surface area contributed by atoms with Gasteiger partial charge in [0, 0.05) is 23.9 Å². The third kappa shape index (κ3) is 4.03. The number of amides is 1. The number of ether oxygens (including phenoxy) is 1. The van der Waals surface area contributed by atoms with E-state index in [0.717, 1.165) is 12.1 Å². The highest BCUT2D eigenvalue weighted by Gasteiger charge is 2.58. The number of hydrogen-bond donors (Lipinski definition) is 2. The van der Waals surface area contributed by atoms with E-state index in [1.807, 2.05) is 0 Å². The van der Waals surface area contributed by atoms with Gasteiger partial charge in [-0.2, -0.15) is 13.2 Å². The molecule has 0 radical (unpaired) electrons. The van der Waals surface area contributed by atoms with Crippen LogP contribution in [-0.4, -0.2) is 41.2 Å². The molecule has 1 aromatic heterocycles. The van der Waals surface area contributed by atoms with Crippen LogP contribution in [0.3, 0.4) is 0 Å². The smallest absolute Gasteiger partial charge is 0.417 e.